The van der Waals surface area contributed by atoms with Gasteiger partial charge >= 0.3 is 23.2 Å². The van der Waals surface area contributed by atoms with Gasteiger partial charge in [0.15, 0.2) is 0 Å². The van der Waals surface area contributed by atoms with Gasteiger partial charge in [0.25, 0.3) is 0 Å². The first-order valence-electron chi connectivity index (χ1n) is 36.2. The zero-order chi connectivity index (χ0) is 75.1. The number of ether oxygens (including phenoxy) is 10. The number of aliphatic hydroxyl groups excluding tert-OH is 2. The summed E-state index contributed by atoms with van der Waals surface area (Å²) in [5.74, 6) is 0.788. The zero-order valence-corrected chi connectivity index (χ0v) is 62.1. The van der Waals surface area contributed by atoms with E-state index in [1.807, 2.05) is 108 Å². The molecule has 0 bridgehead atoms. The van der Waals surface area contributed by atoms with E-state index in [9.17, 15) is 30.0 Å². The maximum absolute atomic E-state index is 11.8. The Morgan fingerprint density at radius 2 is 0.868 bits per heavy atom. The van der Waals surface area contributed by atoms with E-state index in [2.05, 4.69) is 32.1 Å². The molecule has 4 aliphatic heterocycles. The van der Waals surface area contributed by atoms with Gasteiger partial charge in [0.05, 0.1) is 104 Å². The molecule has 106 heavy (non-hydrogen) atoms. The van der Waals surface area contributed by atoms with Crippen LogP contribution in [0.15, 0.2) is 182 Å². The molecule has 4 aromatic carbocycles. The minimum absolute atomic E-state index is 0.265. The van der Waals surface area contributed by atoms with E-state index in [1.54, 1.807) is 76.8 Å². The van der Waals surface area contributed by atoms with Crippen molar-refractivity contribution >= 4 is 73.1 Å². The minimum Gasteiger partial charge on any atom is -0.488 e. The fourth-order valence-electron chi connectivity index (χ4n) is 13.8. The number of furan rings is 3. The third-order valence-electron chi connectivity index (χ3n) is 20.2. The molecule has 9 heterocycles. The molecule has 0 amide bonds. The Labute approximate surface area is 614 Å². The van der Waals surface area contributed by atoms with Crippen LogP contribution in [0.3, 0.4) is 0 Å². The Kier molecular flexibility index (Phi) is 21.2. The summed E-state index contributed by atoms with van der Waals surface area (Å²) < 4.78 is 92.1. The van der Waals surface area contributed by atoms with Crippen molar-refractivity contribution in [2.45, 2.75) is 200 Å². The lowest BCUT2D eigenvalue weighted by atomic mass is 9.96. The molecule has 2 spiro atoms. The Bertz CT molecular complexity index is 5100. The molecular formula is C85H94O21. The highest BCUT2D eigenvalue weighted by Crippen LogP contribution is 2.51. The predicted molar refractivity (Wildman–Crippen MR) is 403 cm³/mol. The highest BCUT2D eigenvalue weighted by Gasteiger charge is 2.56. The second-order valence-corrected chi connectivity index (χ2v) is 30.3. The Morgan fingerprint density at radius 1 is 0.491 bits per heavy atom. The lowest BCUT2D eigenvalue weighted by Crippen LogP contribution is -2.39. The fourth-order valence-corrected chi connectivity index (χ4v) is 13.8. The van der Waals surface area contributed by atoms with Crippen LogP contribution in [-0.2, 0) is 25.4 Å². The van der Waals surface area contributed by atoms with Gasteiger partial charge in [0, 0.05) is 48.0 Å². The van der Waals surface area contributed by atoms with Gasteiger partial charge in [0.1, 0.15) is 88.8 Å². The topological polar surface area (TPSA) is 273 Å². The van der Waals surface area contributed by atoms with Crippen molar-refractivity contribution in [3.63, 3.8) is 0 Å². The molecule has 9 aromatic rings. The monoisotopic (exact) mass is 1450 g/mol. The van der Waals surface area contributed by atoms with E-state index in [0.29, 0.717) is 127 Å². The standard InChI is InChI=1S/C43H48O10.C42H46O11/c1-26(10-13-36(44)41(3,4)46)17-22-49-40-31-16-20-43(51-35(31)25-33-32(40)19-23-47-33)52-37(42(5,6)53-43)14-11-27(2)18-21-48-39-29-9-7-8-28(29)24-34-30(39)12-15-38(45)50-34;1-25(7-10-35(43)40(3,4)45)14-19-49-39-28-13-18-42(51-34(28)24-32-30(39)17-22-47-32)52-36(41(5,6)53-42)11-8-26(2)15-20-48-38-27-9-12-37(44)50-33(27)23-31-29(38)16-21-46-31/h7,9,12,15-20,23-25,36-37,44,46H,8,10-11,13-14,21-22H2,1-6H3;9,12-18,21-24,35-36,43,45H,7-8,10-11,19-20H2,1-6H3/b26-17+,27-18+;25-14+,26-15+. The lowest BCUT2D eigenvalue weighted by molar-refractivity contribution is -0.271. The van der Waals surface area contributed by atoms with Crippen LogP contribution in [0.1, 0.15) is 157 Å². The van der Waals surface area contributed by atoms with Crippen LogP contribution in [0.5, 0.6) is 34.5 Å². The van der Waals surface area contributed by atoms with Crippen molar-refractivity contribution in [1.29, 1.82) is 0 Å². The average Bonchev–Trinajstić information content (AvgIpc) is 1.55. The summed E-state index contributed by atoms with van der Waals surface area (Å²) in [5.41, 5.74) is 6.29. The number of benzene rings is 4. The van der Waals surface area contributed by atoms with Crippen LogP contribution in [-0.4, -0.2) is 106 Å². The third-order valence-corrected chi connectivity index (χ3v) is 20.2. The number of hydrogen-bond donors (Lipinski definition) is 4. The number of hydrogen-bond acceptors (Lipinski definition) is 21. The molecule has 4 N–H and O–H groups in total. The first-order valence-corrected chi connectivity index (χ1v) is 36.2. The van der Waals surface area contributed by atoms with Crippen LogP contribution in [0, 0.1) is 0 Å². The summed E-state index contributed by atoms with van der Waals surface area (Å²) in [4.78, 5) is 23.7. The van der Waals surface area contributed by atoms with Crippen molar-refractivity contribution < 1.29 is 89.9 Å². The molecule has 2 fully saturated rings. The molecule has 1 aliphatic carbocycles. The Balaban J connectivity index is 0.000000188. The summed E-state index contributed by atoms with van der Waals surface area (Å²) in [6.07, 6.45) is 28.0. The molecule has 0 radical (unpaired) electrons. The Hall–Kier alpha value is -9.42. The second-order valence-electron chi connectivity index (χ2n) is 30.3. The van der Waals surface area contributed by atoms with Gasteiger partial charge in [-0.15, -0.1) is 0 Å². The van der Waals surface area contributed by atoms with Crippen LogP contribution in [0.25, 0.3) is 73.1 Å². The number of allylic oxidation sites excluding steroid dienone is 5. The van der Waals surface area contributed by atoms with E-state index in [0.717, 1.165) is 91.1 Å². The largest absolute Gasteiger partial charge is 0.488 e. The van der Waals surface area contributed by atoms with Crippen molar-refractivity contribution in [3.05, 3.63) is 193 Å². The van der Waals surface area contributed by atoms with E-state index >= 15 is 0 Å². The maximum atomic E-state index is 11.8. The number of rotatable bonds is 26. The van der Waals surface area contributed by atoms with Crippen LogP contribution in [0.4, 0.5) is 0 Å². The smallest absolute Gasteiger partial charge is 0.350 e. The molecule has 5 aromatic heterocycles. The van der Waals surface area contributed by atoms with Crippen LogP contribution in [0.2, 0.25) is 0 Å². The molecule has 21 heteroatoms. The van der Waals surface area contributed by atoms with Gasteiger partial charge in [-0.3, -0.25) is 0 Å². The molecule has 0 saturated carbocycles. The molecule has 6 atom stereocenters. The van der Waals surface area contributed by atoms with Gasteiger partial charge < -0.3 is 89.9 Å². The van der Waals surface area contributed by atoms with E-state index in [4.69, 9.17) is 69.5 Å². The van der Waals surface area contributed by atoms with E-state index < -0.39 is 52.2 Å². The Morgan fingerprint density at radius 3 is 1.31 bits per heavy atom. The first-order chi connectivity index (χ1) is 50.4. The summed E-state index contributed by atoms with van der Waals surface area (Å²) in [7, 11) is 0. The van der Waals surface area contributed by atoms with E-state index in [1.165, 1.54) is 12.1 Å². The van der Waals surface area contributed by atoms with Gasteiger partial charge in [-0.1, -0.05) is 34.4 Å². The number of fused-ring (bicyclic) bond motifs is 8. The van der Waals surface area contributed by atoms with Gasteiger partial charge in [-0.2, -0.15) is 0 Å². The molecule has 6 unspecified atom stereocenters. The lowest BCUT2D eigenvalue weighted by Gasteiger charge is -2.30. The second kappa shape index (κ2) is 30.1. The predicted octanol–water partition coefficient (Wildman–Crippen LogP) is 17.0. The normalized spacial score (nSPS) is 21.0. The summed E-state index contributed by atoms with van der Waals surface area (Å²) >= 11 is 0. The highest BCUT2D eigenvalue weighted by molar-refractivity contribution is 6.01. The van der Waals surface area contributed by atoms with Gasteiger partial charge in [0.2, 0.25) is 0 Å². The van der Waals surface area contributed by atoms with E-state index in [-0.39, 0.29) is 17.8 Å². The average molecular weight is 1450 g/mol. The molecule has 14 rings (SSSR count). The zero-order valence-electron chi connectivity index (χ0n) is 62.1. The minimum atomic E-state index is -1.42. The third kappa shape index (κ3) is 16.4. The first kappa shape index (κ1) is 74.8. The molecule has 2 saturated heterocycles. The quantitative estimate of drug-likeness (QED) is 0.0290. The molecule has 560 valence electrons. The highest BCUT2D eigenvalue weighted by atomic mass is 16.9. The molecule has 21 nitrogen and oxygen atoms in total. The van der Waals surface area contributed by atoms with Crippen LogP contribution < -0.4 is 39.7 Å². The summed E-state index contributed by atoms with van der Waals surface area (Å²) in [6, 6.07) is 19.1. The van der Waals surface area contributed by atoms with Crippen molar-refractivity contribution in [2.24, 2.45) is 0 Å². The maximum Gasteiger partial charge on any atom is 0.350 e. The summed E-state index contributed by atoms with van der Waals surface area (Å²) in [5, 5.41) is 44.4. The van der Waals surface area contributed by atoms with Crippen molar-refractivity contribution in [2.75, 3.05) is 26.4 Å². The summed E-state index contributed by atoms with van der Waals surface area (Å²) in [6.45, 7) is 23.8. The van der Waals surface area contributed by atoms with Crippen LogP contribution >= 0.6 is 0 Å². The van der Waals surface area contributed by atoms with Gasteiger partial charge in [-0.25, -0.2) is 9.59 Å². The van der Waals surface area contributed by atoms with Crippen molar-refractivity contribution in [3.8, 4) is 34.5 Å². The molecule has 5 aliphatic rings. The molecular weight excluding hydrogens is 1360 g/mol. The SMILES string of the molecule is C/C(=C\COc1c2c(cc3occc13)OC1(C=C2)OC(CC/C(C)=C/COc2c3c(cc4oc(=O)ccc24)CC=C3)C(C)(C)O1)CCC(O)C(C)(C)O.C/C(=C\COc1c2c(cc3occc13)OC1(C=C2)OC(CC/C(C)=C/COc2c3ccoc3cc3oc(=O)ccc23)C(C)(C)O1)CCC(O)C(C)(C)O. The number of aliphatic hydroxyl groups is 4. The van der Waals surface area contributed by atoms with Gasteiger partial charge in [-0.05, 0) is 219 Å². The fraction of sp³-hybridized carbons (Fsp3) is 0.412. The van der Waals surface area contributed by atoms with Crippen molar-refractivity contribution in [1.82, 2.24) is 0 Å².